The molecule has 0 bridgehead atoms. The Balaban J connectivity index is 1.65. The third-order valence-electron chi connectivity index (χ3n) is 12.0. The minimum Gasteiger partial charge on any atom is -0.547 e. The second-order valence-corrected chi connectivity index (χ2v) is 23.7. The zero-order valence-electron chi connectivity index (χ0n) is 32.1. The van der Waals surface area contributed by atoms with Crippen molar-refractivity contribution in [1.29, 1.82) is 0 Å². The van der Waals surface area contributed by atoms with Gasteiger partial charge in [0.05, 0.1) is 34.4 Å². The molecular formula is C40H62ClNO6SSi. The third-order valence-corrected chi connectivity index (χ3v) is 18.3. The summed E-state index contributed by atoms with van der Waals surface area (Å²) in [4.78, 5) is 14.8. The van der Waals surface area contributed by atoms with Gasteiger partial charge in [-0.25, -0.2) is 12.7 Å². The fourth-order valence-corrected chi connectivity index (χ4v) is 10.6. The molecule has 7 nitrogen and oxygen atoms in total. The Morgan fingerprint density at radius 3 is 2.46 bits per heavy atom. The molecule has 3 aliphatic rings. The van der Waals surface area contributed by atoms with Crippen LogP contribution in [0.25, 0.3) is 0 Å². The van der Waals surface area contributed by atoms with E-state index in [1.54, 1.807) is 24.3 Å². The first-order chi connectivity index (χ1) is 23.2. The number of nitrogens with zero attached hydrogens (tertiary/aromatic N) is 1. The first-order valence-corrected chi connectivity index (χ1v) is 23.4. The van der Waals surface area contributed by atoms with Gasteiger partial charge in [0.2, 0.25) is 14.2 Å². The molecule has 4 rings (SSSR count). The van der Waals surface area contributed by atoms with Gasteiger partial charge in [-0.2, -0.15) is 0 Å². The fourth-order valence-electron chi connectivity index (χ4n) is 7.76. The number of benzene rings is 1. The Morgan fingerprint density at radius 1 is 1.18 bits per heavy atom. The van der Waals surface area contributed by atoms with Gasteiger partial charge in [0.1, 0.15) is 0 Å². The number of hydrogen-bond acceptors (Lipinski definition) is 6. The summed E-state index contributed by atoms with van der Waals surface area (Å²) in [7, 11) is -6.24. The molecule has 50 heavy (non-hydrogen) atoms. The Labute approximate surface area is 308 Å². The van der Waals surface area contributed by atoms with Crippen LogP contribution in [-0.2, 0) is 24.0 Å². The molecule has 2 fully saturated rings. The van der Waals surface area contributed by atoms with Crippen molar-refractivity contribution < 1.29 is 27.5 Å². The van der Waals surface area contributed by atoms with Crippen molar-refractivity contribution in [3.8, 4) is 0 Å². The average molecular weight is 749 g/mol. The van der Waals surface area contributed by atoms with Crippen molar-refractivity contribution in [2.75, 3.05) is 12.4 Å². The molecule has 1 aliphatic carbocycles. The Bertz CT molecular complexity index is 1580. The number of halogens is 1. The molecule has 1 spiro atoms. The number of amides is 1. The van der Waals surface area contributed by atoms with Crippen LogP contribution in [0.5, 0.6) is 0 Å². The van der Waals surface area contributed by atoms with E-state index in [1.807, 2.05) is 26.8 Å². The molecular weight excluding hydrogens is 686 g/mol. The molecule has 2 saturated heterocycles. The van der Waals surface area contributed by atoms with Gasteiger partial charge >= 0.3 is 0 Å². The molecule has 1 aromatic rings. The zero-order valence-corrected chi connectivity index (χ0v) is 34.7. The molecule has 0 aromatic heterocycles. The molecule has 1 amide bonds. The van der Waals surface area contributed by atoms with E-state index < -0.39 is 35.8 Å². The molecule has 280 valence electrons. The molecule has 1 N–H and O–H groups in total. The number of sulfonamides is 1. The number of allylic oxidation sites excluding steroid dienone is 4. The van der Waals surface area contributed by atoms with E-state index >= 15 is 0 Å². The third kappa shape index (κ3) is 8.65. The van der Waals surface area contributed by atoms with Crippen molar-refractivity contribution in [2.45, 2.75) is 148 Å². The van der Waals surface area contributed by atoms with Crippen molar-refractivity contribution in [3.05, 3.63) is 64.5 Å². The lowest BCUT2D eigenvalue weighted by Crippen LogP contribution is -2.55. The average Bonchev–Trinajstić information content (AvgIpc) is 3.42. The van der Waals surface area contributed by atoms with Gasteiger partial charge in [0.15, 0.2) is 0 Å². The summed E-state index contributed by atoms with van der Waals surface area (Å²) in [6, 6.07) is 6.70. The van der Waals surface area contributed by atoms with Crippen LogP contribution in [0.3, 0.4) is 0 Å². The minimum absolute atomic E-state index is 0.0102. The first kappa shape index (κ1) is 40.9. The van der Waals surface area contributed by atoms with Crippen molar-refractivity contribution in [3.63, 3.8) is 0 Å². The van der Waals surface area contributed by atoms with Crippen molar-refractivity contribution in [1.82, 2.24) is 4.31 Å². The largest absolute Gasteiger partial charge is 0.547 e. The van der Waals surface area contributed by atoms with Gasteiger partial charge < -0.3 is 14.3 Å². The number of piperidine rings is 1. The highest BCUT2D eigenvalue weighted by Crippen LogP contribution is 2.53. The summed E-state index contributed by atoms with van der Waals surface area (Å²) in [5.41, 5.74) is 2.97. The number of aryl methyl sites for hydroxylation is 1. The SMILES string of the molecule is CC1=C(O[Si](C)(C)C(C)(C)C)CC[C@@]2(CCCN(S(=O)(=O)c3ccc(C)cc3)C2=O)[C@H]1/C=C(\C)[C@H](O)CCC1C[C@@H](C)[C@H](/C(C)=C/CCCl)O1. The van der Waals surface area contributed by atoms with E-state index in [0.717, 1.165) is 46.0 Å². The predicted octanol–water partition coefficient (Wildman–Crippen LogP) is 9.45. The number of aliphatic hydroxyl groups excluding tert-OH is 1. The van der Waals surface area contributed by atoms with E-state index in [9.17, 15) is 18.3 Å². The Morgan fingerprint density at radius 2 is 1.84 bits per heavy atom. The topological polar surface area (TPSA) is 93.1 Å². The number of alkyl halides is 1. The van der Waals surface area contributed by atoms with Crippen LogP contribution in [0.15, 0.2) is 63.8 Å². The normalized spacial score (nSPS) is 28.1. The summed E-state index contributed by atoms with van der Waals surface area (Å²) < 4.78 is 42.4. The Kier molecular flexibility index (Phi) is 13.1. The van der Waals surface area contributed by atoms with E-state index in [4.69, 9.17) is 20.8 Å². The molecule has 0 saturated carbocycles. The summed E-state index contributed by atoms with van der Waals surface area (Å²) in [6.45, 7) is 21.5. The van der Waals surface area contributed by atoms with E-state index in [0.29, 0.717) is 43.9 Å². The lowest BCUT2D eigenvalue weighted by Gasteiger charge is -2.49. The lowest BCUT2D eigenvalue weighted by atomic mass is 9.61. The summed E-state index contributed by atoms with van der Waals surface area (Å²) in [5, 5.41) is 11.5. The molecule has 10 heteroatoms. The highest BCUT2D eigenvalue weighted by atomic mass is 35.5. The van der Waals surface area contributed by atoms with Gasteiger partial charge in [0, 0.05) is 24.8 Å². The Hall–Kier alpha value is -1.91. The van der Waals surface area contributed by atoms with Crippen LogP contribution >= 0.6 is 11.6 Å². The number of ether oxygens (including phenoxy) is 1. The maximum absolute atomic E-state index is 14.7. The van der Waals surface area contributed by atoms with E-state index in [-0.39, 0.29) is 34.6 Å². The molecule has 6 atom stereocenters. The monoisotopic (exact) mass is 747 g/mol. The van der Waals surface area contributed by atoms with Crippen LogP contribution in [0.4, 0.5) is 0 Å². The minimum atomic E-state index is -4.04. The maximum atomic E-state index is 14.7. The lowest BCUT2D eigenvalue weighted by molar-refractivity contribution is -0.143. The maximum Gasteiger partial charge on any atom is 0.266 e. The summed E-state index contributed by atoms with van der Waals surface area (Å²) in [5.74, 6) is 1.14. The summed E-state index contributed by atoms with van der Waals surface area (Å²) >= 11 is 5.90. The fraction of sp³-hybridized carbons (Fsp3) is 0.675. The number of carbonyl (C=O) groups excluding carboxylic acids is 1. The summed E-state index contributed by atoms with van der Waals surface area (Å²) in [6.07, 6.45) is 8.86. The van der Waals surface area contributed by atoms with Crippen LogP contribution in [0.1, 0.15) is 105 Å². The van der Waals surface area contributed by atoms with Gasteiger partial charge in [0.25, 0.3) is 10.0 Å². The van der Waals surface area contributed by atoms with E-state index in [2.05, 4.69) is 53.8 Å². The van der Waals surface area contributed by atoms with E-state index in [1.165, 1.54) is 5.57 Å². The second kappa shape index (κ2) is 16.0. The quantitative estimate of drug-likeness (QED) is 0.130. The zero-order chi connectivity index (χ0) is 37.2. The molecule has 0 radical (unpaired) electrons. The van der Waals surface area contributed by atoms with Crippen LogP contribution in [-0.4, -0.2) is 62.8 Å². The van der Waals surface area contributed by atoms with Crippen molar-refractivity contribution in [2.24, 2.45) is 17.3 Å². The number of hydrogen-bond donors (Lipinski definition) is 1. The highest BCUT2D eigenvalue weighted by molar-refractivity contribution is 7.89. The first-order valence-electron chi connectivity index (χ1n) is 18.5. The molecule has 2 heterocycles. The van der Waals surface area contributed by atoms with Gasteiger partial charge in [-0.15, -0.1) is 11.6 Å². The van der Waals surface area contributed by atoms with Crippen LogP contribution < -0.4 is 0 Å². The number of carbonyl (C=O) groups is 1. The molecule has 1 aromatic carbocycles. The van der Waals surface area contributed by atoms with Crippen LogP contribution in [0, 0.1) is 24.2 Å². The highest BCUT2D eigenvalue weighted by Gasteiger charge is 2.55. The van der Waals surface area contributed by atoms with Gasteiger partial charge in [-0.05, 0) is 126 Å². The number of rotatable bonds is 12. The van der Waals surface area contributed by atoms with Crippen LogP contribution in [0.2, 0.25) is 18.1 Å². The van der Waals surface area contributed by atoms with Crippen molar-refractivity contribution >= 4 is 35.8 Å². The predicted molar refractivity (Wildman–Crippen MR) is 206 cm³/mol. The molecule has 1 unspecified atom stereocenters. The van der Waals surface area contributed by atoms with Gasteiger partial charge in [-0.1, -0.05) is 57.5 Å². The smallest absolute Gasteiger partial charge is 0.266 e. The second-order valence-electron chi connectivity index (χ2n) is 16.7. The standard InChI is InChI=1S/C40H62ClNO6SSi/c1-27-14-17-33(18-15-27)49(45,46)42-24-12-21-40(38(42)44)22-20-36(48-50(9,10)39(6,7)8)31(5)34(40)26-29(3)35(43)19-16-32-25-30(4)37(47-32)28(2)13-11-23-41/h13-15,17-18,26,30,32,34-35,37,43H,11-12,16,19-25H2,1-10H3/b28-13+,29-26+/t30-,32?,34+,35-,37+,40+/m1/s1. The molecule has 2 aliphatic heterocycles. The number of aliphatic hydroxyl groups is 1. The van der Waals surface area contributed by atoms with Gasteiger partial charge in [-0.3, -0.25) is 4.79 Å².